The maximum atomic E-state index is 11.5. The Balaban J connectivity index is 2.32. The molecule has 0 saturated heterocycles. The molecule has 1 heterocycles. The monoisotopic (exact) mass is 245 g/mol. The normalized spacial score (nSPS) is 10.8. The number of Topliss-reactive ketones (excluding diaryl/α,β-unsaturated/α-hetero) is 1. The second kappa shape index (κ2) is 5.71. The van der Waals surface area contributed by atoms with Gasteiger partial charge in [-0.3, -0.25) is 4.79 Å². The molecule has 0 unspecified atom stereocenters. The lowest BCUT2D eigenvalue weighted by Crippen LogP contribution is -2.07. The van der Waals surface area contributed by atoms with Crippen LogP contribution in [0.3, 0.4) is 0 Å². The van der Waals surface area contributed by atoms with E-state index in [1.807, 2.05) is 42.0 Å². The van der Waals surface area contributed by atoms with Crippen LogP contribution in [-0.2, 0) is 11.3 Å². The summed E-state index contributed by atoms with van der Waals surface area (Å²) in [5.41, 5.74) is 1.06. The molecule has 0 bridgehead atoms. The summed E-state index contributed by atoms with van der Waals surface area (Å²) >= 11 is 0. The van der Waals surface area contributed by atoms with Crippen molar-refractivity contribution in [3.63, 3.8) is 0 Å². The van der Waals surface area contributed by atoms with Gasteiger partial charge in [0, 0.05) is 18.0 Å². The SMILES string of the molecule is CCCOc1cccc2c1ccn2CC(=O)CC. The van der Waals surface area contributed by atoms with E-state index in [4.69, 9.17) is 4.74 Å². The van der Waals surface area contributed by atoms with Crippen LogP contribution in [-0.4, -0.2) is 17.0 Å². The van der Waals surface area contributed by atoms with Crippen molar-refractivity contribution in [1.29, 1.82) is 0 Å². The van der Waals surface area contributed by atoms with Gasteiger partial charge < -0.3 is 9.30 Å². The Bertz CT molecular complexity index is 542. The van der Waals surface area contributed by atoms with Gasteiger partial charge in [-0.25, -0.2) is 0 Å². The van der Waals surface area contributed by atoms with Gasteiger partial charge in [-0.2, -0.15) is 0 Å². The largest absolute Gasteiger partial charge is 0.493 e. The Morgan fingerprint density at radius 1 is 1.28 bits per heavy atom. The molecule has 2 rings (SSSR count). The van der Waals surface area contributed by atoms with Crippen molar-refractivity contribution in [3.8, 4) is 5.75 Å². The van der Waals surface area contributed by atoms with E-state index in [2.05, 4.69) is 6.92 Å². The predicted molar refractivity (Wildman–Crippen MR) is 73.0 cm³/mol. The molecule has 18 heavy (non-hydrogen) atoms. The zero-order valence-electron chi connectivity index (χ0n) is 11.0. The fourth-order valence-electron chi connectivity index (χ4n) is 1.97. The van der Waals surface area contributed by atoms with E-state index in [1.165, 1.54) is 0 Å². The fraction of sp³-hybridized carbons (Fsp3) is 0.400. The summed E-state index contributed by atoms with van der Waals surface area (Å²) in [7, 11) is 0. The van der Waals surface area contributed by atoms with Gasteiger partial charge in [0.1, 0.15) is 5.75 Å². The Hall–Kier alpha value is -1.77. The van der Waals surface area contributed by atoms with Crippen LogP contribution in [0, 0.1) is 0 Å². The standard InChI is InChI=1S/C15H19NO2/c1-3-10-18-15-7-5-6-14-13(15)8-9-16(14)11-12(17)4-2/h5-9H,3-4,10-11H2,1-2H3. The Kier molecular flexibility index (Phi) is 4.03. The molecule has 0 atom stereocenters. The van der Waals surface area contributed by atoms with Crippen LogP contribution in [0.25, 0.3) is 10.9 Å². The molecule has 0 N–H and O–H groups in total. The zero-order valence-corrected chi connectivity index (χ0v) is 11.0. The third kappa shape index (κ3) is 2.55. The van der Waals surface area contributed by atoms with E-state index >= 15 is 0 Å². The number of hydrogen-bond donors (Lipinski definition) is 0. The first-order valence-corrected chi connectivity index (χ1v) is 6.48. The number of rotatable bonds is 6. The van der Waals surface area contributed by atoms with E-state index in [0.717, 1.165) is 29.7 Å². The Morgan fingerprint density at radius 3 is 2.83 bits per heavy atom. The zero-order chi connectivity index (χ0) is 13.0. The maximum absolute atomic E-state index is 11.5. The van der Waals surface area contributed by atoms with Gasteiger partial charge in [0.05, 0.1) is 18.7 Å². The molecule has 96 valence electrons. The third-order valence-corrected chi connectivity index (χ3v) is 2.98. The molecule has 0 spiro atoms. The number of benzene rings is 1. The number of ether oxygens (including phenoxy) is 1. The first-order valence-electron chi connectivity index (χ1n) is 6.48. The second-order valence-electron chi connectivity index (χ2n) is 4.37. The molecule has 0 aliphatic rings. The highest BCUT2D eigenvalue weighted by Crippen LogP contribution is 2.26. The molecule has 0 aliphatic heterocycles. The molecule has 3 heteroatoms. The number of fused-ring (bicyclic) bond motifs is 1. The van der Waals surface area contributed by atoms with Crippen molar-refractivity contribution in [3.05, 3.63) is 30.5 Å². The van der Waals surface area contributed by atoms with Crippen LogP contribution >= 0.6 is 0 Å². The molecule has 0 amide bonds. The van der Waals surface area contributed by atoms with Gasteiger partial charge in [-0.1, -0.05) is 19.9 Å². The highest BCUT2D eigenvalue weighted by Gasteiger charge is 2.08. The predicted octanol–water partition coefficient (Wildman–Crippen LogP) is 3.41. The summed E-state index contributed by atoms with van der Waals surface area (Å²) in [6, 6.07) is 7.99. The van der Waals surface area contributed by atoms with Crippen LogP contribution in [0.4, 0.5) is 0 Å². The summed E-state index contributed by atoms with van der Waals surface area (Å²) < 4.78 is 7.70. The van der Waals surface area contributed by atoms with Crippen molar-refractivity contribution in [1.82, 2.24) is 4.57 Å². The second-order valence-corrected chi connectivity index (χ2v) is 4.37. The Morgan fingerprint density at radius 2 is 2.11 bits per heavy atom. The van der Waals surface area contributed by atoms with Gasteiger partial charge in [-0.05, 0) is 24.6 Å². The van der Waals surface area contributed by atoms with Crippen molar-refractivity contribution < 1.29 is 9.53 Å². The van der Waals surface area contributed by atoms with Crippen LogP contribution in [0.15, 0.2) is 30.5 Å². The van der Waals surface area contributed by atoms with E-state index in [9.17, 15) is 4.79 Å². The van der Waals surface area contributed by atoms with Crippen LogP contribution < -0.4 is 4.74 Å². The number of carbonyl (C=O) groups is 1. The van der Waals surface area contributed by atoms with Crippen LogP contribution in [0.2, 0.25) is 0 Å². The van der Waals surface area contributed by atoms with Crippen molar-refractivity contribution in [2.75, 3.05) is 6.61 Å². The number of nitrogens with zero attached hydrogens (tertiary/aromatic N) is 1. The van der Waals surface area contributed by atoms with Crippen molar-refractivity contribution in [2.24, 2.45) is 0 Å². The van der Waals surface area contributed by atoms with Crippen molar-refractivity contribution >= 4 is 16.7 Å². The molecule has 0 fully saturated rings. The van der Waals surface area contributed by atoms with Gasteiger partial charge in [0.25, 0.3) is 0 Å². The lowest BCUT2D eigenvalue weighted by Gasteiger charge is -2.07. The minimum absolute atomic E-state index is 0.243. The third-order valence-electron chi connectivity index (χ3n) is 2.98. The average molecular weight is 245 g/mol. The summed E-state index contributed by atoms with van der Waals surface area (Å²) in [5.74, 6) is 1.14. The molecule has 0 radical (unpaired) electrons. The number of aromatic nitrogens is 1. The van der Waals surface area contributed by atoms with Crippen molar-refractivity contribution in [2.45, 2.75) is 33.2 Å². The molecule has 1 aromatic heterocycles. The quantitative estimate of drug-likeness (QED) is 0.781. The van der Waals surface area contributed by atoms with Gasteiger partial charge >= 0.3 is 0 Å². The summed E-state index contributed by atoms with van der Waals surface area (Å²) in [6.07, 6.45) is 3.52. The maximum Gasteiger partial charge on any atom is 0.152 e. The first-order chi connectivity index (χ1) is 8.76. The average Bonchev–Trinajstić information content (AvgIpc) is 2.80. The highest BCUT2D eigenvalue weighted by atomic mass is 16.5. The fourth-order valence-corrected chi connectivity index (χ4v) is 1.97. The molecule has 0 aliphatic carbocycles. The molecule has 0 saturated carbocycles. The van der Waals surface area contributed by atoms with E-state index < -0.39 is 0 Å². The molecule has 3 nitrogen and oxygen atoms in total. The molecular formula is C15H19NO2. The highest BCUT2D eigenvalue weighted by molar-refractivity contribution is 5.88. The molecular weight excluding hydrogens is 226 g/mol. The topological polar surface area (TPSA) is 31.2 Å². The minimum atomic E-state index is 0.243. The summed E-state index contributed by atoms with van der Waals surface area (Å²) in [6.45, 7) is 5.14. The summed E-state index contributed by atoms with van der Waals surface area (Å²) in [4.78, 5) is 11.5. The lowest BCUT2D eigenvalue weighted by molar-refractivity contribution is -0.119. The number of carbonyl (C=O) groups excluding carboxylic acids is 1. The van der Waals surface area contributed by atoms with Crippen LogP contribution in [0.1, 0.15) is 26.7 Å². The number of ketones is 1. The molecule has 1 aromatic carbocycles. The first kappa shape index (κ1) is 12.7. The Labute approximate surface area is 107 Å². The smallest absolute Gasteiger partial charge is 0.152 e. The van der Waals surface area contributed by atoms with Gasteiger partial charge in [0.2, 0.25) is 0 Å². The van der Waals surface area contributed by atoms with E-state index in [0.29, 0.717) is 13.0 Å². The van der Waals surface area contributed by atoms with Gasteiger partial charge in [-0.15, -0.1) is 0 Å². The molecule has 2 aromatic rings. The van der Waals surface area contributed by atoms with E-state index in [-0.39, 0.29) is 5.78 Å². The van der Waals surface area contributed by atoms with E-state index in [1.54, 1.807) is 0 Å². The minimum Gasteiger partial charge on any atom is -0.493 e. The number of hydrogen-bond acceptors (Lipinski definition) is 2. The summed E-state index contributed by atoms with van der Waals surface area (Å²) in [5, 5.41) is 1.08. The lowest BCUT2D eigenvalue weighted by atomic mass is 10.2. The van der Waals surface area contributed by atoms with Crippen LogP contribution in [0.5, 0.6) is 5.75 Å². The van der Waals surface area contributed by atoms with Gasteiger partial charge in [0.15, 0.2) is 5.78 Å².